The van der Waals surface area contributed by atoms with Gasteiger partial charge in [0.2, 0.25) is 0 Å². The molecule has 2 heteroatoms. The minimum atomic E-state index is -0.439. The topological polar surface area (TPSA) is 40.5 Å². The molecule has 0 saturated heterocycles. The van der Waals surface area contributed by atoms with Crippen molar-refractivity contribution < 1.29 is 10.2 Å². The summed E-state index contributed by atoms with van der Waals surface area (Å²) in [6.45, 7) is 4.38. The van der Waals surface area contributed by atoms with Gasteiger partial charge in [-0.3, -0.25) is 0 Å². The molecule has 0 heterocycles. The number of benzene rings is 5. The van der Waals surface area contributed by atoms with E-state index in [-0.39, 0.29) is 0 Å². The predicted molar refractivity (Wildman–Crippen MR) is 158 cm³/mol. The van der Waals surface area contributed by atoms with E-state index in [2.05, 4.69) is 86.6 Å². The fourth-order valence-corrected chi connectivity index (χ4v) is 6.63. The van der Waals surface area contributed by atoms with Gasteiger partial charge >= 0.3 is 0 Å². The van der Waals surface area contributed by atoms with Crippen LogP contribution in [-0.2, 0) is 24.7 Å². The summed E-state index contributed by atoms with van der Waals surface area (Å²) in [5.74, 6) is 0.756. The van der Waals surface area contributed by atoms with E-state index in [9.17, 15) is 10.2 Å². The minimum Gasteiger partial charge on any atom is -0.508 e. The zero-order chi connectivity index (χ0) is 26.3. The van der Waals surface area contributed by atoms with Crippen LogP contribution in [0, 0.1) is 0 Å². The van der Waals surface area contributed by atoms with Crippen LogP contribution in [0.15, 0.2) is 84.9 Å². The lowest BCUT2D eigenvalue weighted by atomic mass is 9.61. The van der Waals surface area contributed by atoms with Crippen molar-refractivity contribution in [2.75, 3.05) is 0 Å². The number of rotatable bonds is 8. The van der Waals surface area contributed by atoms with Crippen LogP contribution < -0.4 is 0 Å². The standard InChI is InChI=1S/C36H36O2/c1-3-5-9-26-21-29(17-19-32(26)37)36(30-18-20-33(38)27(22-30)10-6-4-2)23-28-13-7-11-24-15-16-25-12-8-14-31(36)35(25)34(24)28/h7-8,11-22,37-38H,3-6,9-10,23H2,1-2H3. The van der Waals surface area contributed by atoms with Crippen LogP contribution in [0.2, 0.25) is 0 Å². The molecule has 1 aliphatic carbocycles. The van der Waals surface area contributed by atoms with Gasteiger partial charge in [0.05, 0.1) is 0 Å². The third kappa shape index (κ3) is 3.86. The molecule has 1 aliphatic rings. The fourth-order valence-electron chi connectivity index (χ4n) is 6.63. The average Bonchev–Trinajstić information content (AvgIpc) is 2.95. The van der Waals surface area contributed by atoms with E-state index in [1.807, 2.05) is 12.1 Å². The van der Waals surface area contributed by atoms with Crippen molar-refractivity contribution in [1.29, 1.82) is 0 Å². The van der Waals surface area contributed by atoms with Crippen molar-refractivity contribution in [1.82, 2.24) is 0 Å². The minimum absolute atomic E-state index is 0.378. The molecular weight excluding hydrogens is 464 g/mol. The molecule has 6 rings (SSSR count). The molecule has 0 saturated carbocycles. The Labute approximate surface area is 225 Å². The van der Waals surface area contributed by atoms with Gasteiger partial charge in [0.15, 0.2) is 0 Å². The molecule has 0 amide bonds. The number of unbranched alkanes of at least 4 members (excludes halogenated alkanes) is 2. The zero-order valence-electron chi connectivity index (χ0n) is 22.4. The summed E-state index contributed by atoms with van der Waals surface area (Å²) in [4.78, 5) is 0. The summed E-state index contributed by atoms with van der Waals surface area (Å²) >= 11 is 0. The maximum atomic E-state index is 10.8. The number of aromatic hydroxyl groups is 2. The quantitative estimate of drug-likeness (QED) is 0.209. The molecule has 5 aromatic rings. The highest BCUT2D eigenvalue weighted by Gasteiger charge is 2.41. The van der Waals surface area contributed by atoms with Crippen molar-refractivity contribution in [3.8, 4) is 11.5 Å². The Bertz CT molecular complexity index is 1590. The summed E-state index contributed by atoms with van der Waals surface area (Å²) in [6.07, 6.45) is 6.81. The first kappa shape index (κ1) is 24.6. The molecule has 38 heavy (non-hydrogen) atoms. The maximum Gasteiger partial charge on any atom is 0.118 e. The van der Waals surface area contributed by atoms with Crippen LogP contribution in [0.3, 0.4) is 0 Å². The molecule has 0 bridgehead atoms. The molecule has 2 N–H and O–H groups in total. The summed E-state index contributed by atoms with van der Waals surface area (Å²) in [7, 11) is 0. The summed E-state index contributed by atoms with van der Waals surface area (Å²) in [5, 5.41) is 26.8. The van der Waals surface area contributed by atoms with Gasteiger partial charge in [0, 0.05) is 5.41 Å². The second-order valence-corrected chi connectivity index (χ2v) is 11.0. The maximum absolute atomic E-state index is 10.8. The van der Waals surface area contributed by atoms with Gasteiger partial charge in [0.1, 0.15) is 11.5 Å². The molecule has 0 atom stereocenters. The van der Waals surface area contributed by atoms with E-state index >= 15 is 0 Å². The Morgan fingerprint density at radius 1 is 0.632 bits per heavy atom. The number of hydrogen-bond acceptors (Lipinski definition) is 2. The average molecular weight is 501 g/mol. The number of phenolic OH excluding ortho intramolecular Hbond substituents is 2. The van der Waals surface area contributed by atoms with E-state index in [0.717, 1.165) is 56.1 Å². The van der Waals surface area contributed by atoms with E-state index in [1.165, 1.54) is 43.8 Å². The van der Waals surface area contributed by atoms with Gasteiger partial charge in [-0.05, 0) is 99.2 Å². The molecule has 0 spiro atoms. The van der Waals surface area contributed by atoms with E-state index < -0.39 is 5.41 Å². The number of hydrogen-bond donors (Lipinski definition) is 2. The highest BCUT2D eigenvalue weighted by molar-refractivity contribution is 6.12. The molecule has 2 nitrogen and oxygen atoms in total. The monoisotopic (exact) mass is 500 g/mol. The third-order valence-corrected chi connectivity index (χ3v) is 8.63. The van der Waals surface area contributed by atoms with Crippen molar-refractivity contribution in [3.05, 3.63) is 118 Å². The third-order valence-electron chi connectivity index (χ3n) is 8.63. The lowest BCUT2D eigenvalue weighted by Gasteiger charge is -2.41. The second-order valence-electron chi connectivity index (χ2n) is 11.0. The first-order valence-corrected chi connectivity index (χ1v) is 14.2. The van der Waals surface area contributed by atoms with Crippen LogP contribution in [-0.4, -0.2) is 10.2 Å². The Hall–Kier alpha value is -3.78. The van der Waals surface area contributed by atoms with Crippen LogP contribution in [0.1, 0.15) is 72.9 Å². The Balaban J connectivity index is 1.70. The molecular formula is C36H36O2. The molecule has 0 aliphatic heterocycles. The van der Waals surface area contributed by atoms with Crippen LogP contribution in [0.4, 0.5) is 0 Å². The molecule has 0 radical (unpaired) electrons. The SMILES string of the molecule is CCCCc1cc(C2(c3ccc(O)c(CCCC)c3)Cc3cccc4ccc5cccc2c5c34)ccc1O. The van der Waals surface area contributed by atoms with Crippen LogP contribution >= 0.6 is 0 Å². The van der Waals surface area contributed by atoms with E-state index in [1.54, 1.807) is 0 Å². The Morgan fingerprint density at radius 3 is 1.76 bits per heavy atom. The summed E-state index contributed by atoms with van der Waals surface area (Å²) in [6, 6.07) is 30.4. The first-order chi connectivity index (χ1) is 18.6. The van der Waals surface area contributed by atoms with Gasteiger partial charge in [-0.15, -0.1) is 0 Å². The molecule has 0 aromatic heterocycles. The Kier molecular flexibility index (Phi) is 6.35. The van der Waals surface area contributed by atoms with Crippen LogP contribution in [0.25, 0.3) is 21.5 Å². The molecule has 0 fully saturated rings. The smallest absolute Gasteiger partial charge is 0.118 e. The van der Waals surface area contributed by atoms with Gasteiger partial charge in [-0.2, -0.15) is 0 Å². The molecule has 5 aromatic carbocycles. The van der Waals surface area contributed by atoms with Crippen molar-refractivity contribution in [3.63, 3.8) is 0 Å². The fraction of sp³-hybridized carbons (Fsp3) is 0.278. The van der Waals surface area contributed by atoms with E-state index in [4.69, 9.17) is 0 Å². The Morgan fingerprint density at radius 2 is 1.18 bits per heavy atom. The van der Waals surface area contributed by atoms with Gasteiger partial charge in [-0.1, -0.05) is 99.5 Å². The van der Waals surface area contributed by atoms with E-state index in [0.29, 0.717) is 11.5 Å². The lowest BCUT2D eigenvalue weighted by molar-refractivity contribution is 0.465. The molecule has 192 valence electrons. The van der Waals surface area contributed by atoms with Crippen molar-refractivity contribution in [2.24, 2.45) is 0 Å². The normalized spacial score (nSPS) is 13.9. The van der Waals surface area contributed by atoms with Crippen molar-refractivity contribution in [2.45, 2.75) is 64.2 Å². The van der Waals surface area contributed by atoms with Crippen LogP contribution in [0.5, 0.6) is 11.5 Å². The highest BCUT2D eigenvalue weighted by atomic mass is 16.3. The van der Waals surface area contributed by atoms with Gasteiger partial charge in [0.25, 0.3) is 0 Å². The largest absolute Gasteiger partial charge is 0.508 e. The predicted octanol–water partition coefficient (Wildman–Crippen LogP) is 8.98. The molecule has 0 unspecified atom stereocenters. The van der Waals surface area contributed by atoms with Gasteiger partial charge < -0.3 is 10.2 Å². The number of aryl methyl sites for hydroxylation is 2. The summed E-state index contributed by atoms with van der Waals surface area (Å²) in [5.41, 5.74) is 6.64. The number of phenols is 2. The highest BCUT2D eigenvalue weighted by Crippen LogP contribution is 2.51. The summed E-state index contributed by atoms with van der Waals surface area (Å²) < 4.78 is 0. The van der Waals surface area contributed by atoms with Gasteiger partial charge in [-0.25, -0.2) is 0 Å². The lowest BCUT2D eigenvalue weighted by Crippen LogP contribution is -2.34. The zero-order valence-corrected chi connectivity index (χ0v) is 22.4. The van der Waals surface area contributed by atoms with Crippen molar-refractivity contribution >= 4 is 21.5 Å². The first-order valence-electron chi connectivity index (χ1n) is 14.2. The second kappa shape index (κ2) is 9.83.